The minimum atomic E-state index is -0.152. The highest BCUT2D eigenvalue weighted by Crippen LogP contribution is 2.41. The Morgan fingerprint density at radius 2 is 2.27 bits per heavy atom. The highest BCUT2D eigenvalue weighted by Gasteiger charge is 2.32. The van der Waals surface area contributed by atoms with E-state index in [4.69, 9.17) is 14.6 Å². The van der Waals surface area contributed by atoms with E-state index in [1.807, 2.05) is 12.1 Å². The Balaban J connectivity index is 2.25. The molecule has 0 spiro atoms. The summed E-state index contributed by atoms with van der Waals surface area (Å²) in [4.78, 5) is 0. The normalized spacial score (nSPS) is 17.0. The van der Waals surface area contributed by atoms with Crippen molar-refractivity contribution in [3.8, 4) is 11.5 Å². The first kappa shape index (κ1) is 10.3. The van der Waals surface area contributed by atoms with E-state index in [9.17, 15) is 0 Å². The topological polar surface area (TPSA) is 38.7 Å². The van der Waals surface area contributed by atoms with Gasteiger partial charge in [0.15, 0.2) is 11.5 Å². The summed E-state index contributed by atoms with van der Waals surface area (Å²) in [6, 6.07) is 5.88. The Morgan fingerprint density at radius 1 is 1.47 bits per heavy atom. The molecule has 0 aromatic heterocycles. The van der Waals surface area contributed by atoms with Crippen molar-refractivity contribution < 1.29 is 14.6 Å². The van der Waals surface area contributed by atoms with E-state index in [1.165, 1.54) is 5.56 Å². The SMILES string of the molecule is CC1(C)Cc2cccc(OCCO)c2O1. The summed E-state index contributed by atoms with van der Waals surface area (Å²) in [5.74, 6) is 1.56. The number of aliphatic hydroxyl groups is 1. The molecule has 0 bridgehead atoms. The predicted molar refractivity (Wildman–Crippen MR) is 57.4 cm³/mol. The minimum absolute atomic E-state index is 0.0209. The molecule has 3 heteroatoms. The van der Waals surface area contributed by atoms with Crippen LogP contribution in [0.5, 0.6) is 11.5 Å². The second kappa shape index (κ2) is 3.74. The lowest BCUT2D eigenvalue weighted by Crippen LogP contribution is -2.24. The summed E-state index contributed by atoms with van der Waals surface area (Å²) in [6.07, 6.45) is 0.901. The van der Waals surface area contributed by atoms with Gasteiger partial charge in [-0.05, 0) is 19.9 Å². The van der Waals surface area contributed by atoms with Crippen molar-refractivity contribution in [1.29, 1.82) is 0 Å². The fourth-order valence-corrected chi connectivity index (χ4v) is 1.86. The number of ether oxygens (including phenoxy) is 2. The molecule has 0 saturated heterocycles. The third-order valence-electron chi connectivity index (χ3n) is 2.40. The van der Waals surface area contributed by atoms with E-state index in [2.05, 4.69) is 19.9 Å². The Kier molecular flexibility index (Phi) is 2.57. The molecule has 3 nitrogen and oxygen atoms in total. The lowest BCUT2D eigenvalue weighted by Gasteiger charge is -2.18. The molecule has 0 saturated carbocycles. The first-order chi connectivity index (χ1) is 7.12. The van der Waals surface area contributed by atoms with Crippen LogP contribution in [0, 0.1) is 0 Å². The number of hydrogen-bond donors (Lipinski definition) is 1. The van der Waals surface area contributed by atoms with E-state index < -0.39 is 0 Å². The molecule has 0 aliphatic carbocycles. The largest absolute Gasteiger partial charge is 0.487 e. The highest BCUT2D eigenvalue weighted by molar-refractivity contribution is 5.50. The van der Waals surface area contributed by atoms with Gasteiger partial charge in [0, 0.05) is 12.0 Å². The summed E-state index contributed by atoms with van der Waals surface area (Å²) in [7, 11) is 0. The van der Waals surface area contributed by atoms with Gasteiger partial charge in [-0.2, -0.15) is 0 Å². The maximum atomic E-state index is 8.71. The number of fused-ring (bicyclic) bond motifs is 1. The lowest BCUT2D eigenvalue weighted by molar-refractivity contribution is 0.129. The third kappa shape index (κ3) is 2.07. The first-order valence-corrected chi connectivity index (χ1v) is 5.17. The van der Waals surface area contributed by atoms with Crippen molar-refractivity contribution in [2.24, 2.45) is 0 Å². The van der Waals surface area contributed by atoms with Crippen molar-refractivity contribution in [2.45, 2.75) is 25.9 Å². The van der Waals surface area contributed by atoms with Crippen LogP contribution in [-0.4, -0.2) is 23.9 Å². The molecule has 0 radical (unpaired) electrons. The van der Waals surface area contributed by atoms with Gasteiger partial charge in [-0.3, -0.25) is 0 Å². The van der Waals surface area contributed by atoms with Crippen molar-refractivity contribution >= 4 is 0 Å². The molecule has 2 rings (SSSR count). The second-order valence-corrected chi connectivity index (χ2v) is 4.35. The number of hydrogen-bond acceptors (Lipinski definition) is 3. The number of rotatable bonds is 3. The monoisotopic (exact) mass is 208 g/mol. The maximum Gasteiger partial charge on any atom is 0.165 e. The molecule has 1 heterocycles. The quantitative estimate of drug-likeness (QED) is 0.822. The van der Waals surface area contributed by atoms with Gasteiger partial charge in [0.25, 0.3) is 0 Å². The van der Waals surface area contributed by atoms with Crippen molar-refractivity contribution in [1.82, 2.24) is 0 Å². The van der Waals surface area contributed by atoms with Crippen LogP contribution in [0.4, 0.5) is 0 Å². The van der Waals surface area contributed by atoms with Crippen molar-refractivity contribution in [3.63, 3.8) is 0 Å². The third-order valence-corrected chi connectivity index (χ3v) is 2.40. The van der Waals surface area contributed by atoms with E-state index >= 15 is 0 Å². The zero-order valence-corrected chi connectivity index (χ0v) is 9.12. The molecule has 0 unspecified atom stereocenters. The van der Waals surface area contributed by atoms with Crippen LogP contribution in [-0.2, 0) is 6.42 Å². The summed E-state index contributed by atoms with van der Waals surface area (Å²) in [6.45, 7) is 4.44. The van der Waals surface area contributed by atoms with Gasteiger partial charge in [-0.1, -0.05) is 12.1 Å². The van der Waals surface area contributed by atoms with Crippen LogP contribution in [0.3, 0.4) is 0 Å². The second-order valence-electron chi connectivity index (χ2n) is 4.35. The van der Waals surface area contributed by atoms with Gasteiger partial charge in [0.2, 0.25) is 0 Å². The summed E-state index contributed by atoms with van der Waals surface area (Å²) >= 11 is 0. The first-order valence-electron chi connectivity index (χ1n) is 5.17. The molecule has 1 N–H and O–H groups in total. The molecule has 82 valence electrons. The Hall–Kier alpha value is -1.22. The predicted octanol–water partition coefficient (Wildman–Crippen LogP) is 1.77. The number of benzene rings is 1. The lowest BCUT2D eigenvalue weighted by atomic mass is 10.0. The Bertz CT molecular complexity index is 358. The molecule has 0 amide bonds. The molecule has 0 fully saturated rings. The smallest absolute Gasteiger partial charge is 0.165 e. The zero-order valence-electron chi connectivity index (χ0n) is 9.12. The molecular formula is C12H16O3. The van der Waals surface area contributed by atoms with Crippen LogP contribution < -0.4 is 9.47 Å². The van der Waals surface area contributed by atoms with E-state index in [0.29, 0.717) is 6.61 Å². The Morgan fingerprint density at radius 3 is 3.00 bits per heavy atom. The van der Waals surface area contributed by atoms with Crippen LogP contribution in [0.15, 0.2) is 18.2 Å². The molecular weight excluding hydrogens is 192 g/mol. The standard InChI is InChI=1S/C12H16O3/c1-12(2)8-9-4-3-5-10(11(9)15-12)14-7-6-13/h3-5,13H,6-8H2,1-2H3. The van der Waals surface area contributed by atoms with Gasteiger partial charge < -0.3 is 14.6 Å². The fourth-order valence-electron chi connectivity index (χ4n) is 1.86. The maximum absolute atomic E-state index is 8.71. The highest BCUT2D eigenvalue weighted by atomic mass is 16.5. The van der Waals surface area contributed by atoms with Crippen molar-refractivity contribution in [3.05, 3.63) is 23.8 Å². The van der Waals surface area contributed by atoms with E-state index in [-0.39, 0.29) is 12.2 Å². The van der Waals surface area contributed by atoms with Crippen LogP contribution >= 0.6 is 0 Å². The van der Waals surface area contributed by atoms with Gasteiger partial charge in [-0.15, -0.1) is 0 Å². The fraction of sp³-hybridized carbons (Fsp3) is 0.500. The summed E-state index contributed by atoms with van der Waals surface area (Å²) < 4.78 is 11.2. The van der Waals surface area contributed by atoms with Gasteiger partial charge in [0.1, 0.15) is 12.2 Å². The molecule has 15 heavy (non-hydrogen) atoms. The van der Waals surface area contributed by atoms with E-state index in [0.717, 1.165) is 17.9 Å². The van der Waals surface area contributed by atoms with Crippen molar-refractivity contribution in [2.75, 3.05) is 13.2 Å². The average Bonchev–Trinajstić information content (AvgIpc) is 2.49. The summed E-state index contributed by atoms with van der Waals surface area (Å²) in [5, 5.41) is 8.71. The molecule has 1 aliphatic heterocycles. The Labute approximate surface area is 89.6 Å². The van der Waals surface area contributed by atoms with E-state index in [1.54, 1.807) is 0 Å². The van der Waals surface area contributed by atoms with Crippen LogP contribution in [0.25, 0.3) is 0 Å². The van der Waals surface area contributed by atoms with Gasteiger partial charge >= 0.3 is 0 Å². The molecule has 1 aromatic carbocycles. The zero-order chi connectivity index (χ0) is 10.9. The molecule has 0 atom stereocenters. The van der Waals surface area contributed by atoms with Gasteiger partial charge in [0.05, 0.1) is 6.61 Å². The number of para-hydroxylation sites is 1. The molecule has 1 aliphatic rings. The van der Waals surface area contributed by atoms with Crippen LogP contribution in [0.2, 0.25) is 0 Å². The average molecular weight is 208 g/mol. The minimum Gasteiger partial charge on any atom is -0.487 e. The summed E-state index contributed by atoms with van der Waals surface area (Å²) in [5.41, 5.74) is 1.02. The van der Waals surface area contributed by atoms with Gasteiger partial charge in [-0.25, -0.2) is 0 Å². The van der Waals surface area contributed by atoms with Crippen LogP contribution in [0.1, 0.15) is 19.4 Å². The number of aliphatic hydroxyl groups excluding tert-OH is 1. The molecule has 1 aromatic rings.